The van der Waals surface area contributed by atoms with Crippen LogP contribution in [0.1, 0.15) is 30.1 Å². The lowest BCUT2D eigenvalue weighted by molar-refractivity contribution is -0.139. The molecule has 8 heteroatoms. The number of carbonyl (C=O) groups is 3. The van der Waals surface area contributed by atoms with Crippen LogP contribution in [0, 0.1) is 11.3 Å². The van der Waals surface area contributed by atoms with E-state index in [1.807, 2.05) is 36.4 Å². The molecule has 2 aromatic rings. The highest BCUT2D eigenvalue weighted by molar-refractivity contribution is 6.39. The van der Waals surface area contributed by atoms with Gasteiger partial charge in [-0.2, -0.15) is 5.26 Å². The normalized spacial score (nSPS) is 15.6. The van der Waals surface area contributed by atoms with Crippen molar-refractivity contribution in [1.82, 2.24) is 10.2 Å². The fraction of sp³-hybridized carbons (Fsp3) is 0.304. The van der Waals surface area contributed by atoms with Crippen LogP contribution in [0.15, 0.2) is 54.6 Å². The topological polar surface area (TPSA) is 112 Å². The van der Waals surface area contributed by atoms with Crippen LogP contribution in [0.2, 0.25) is 0 Å². The molecule has 3 amide bonds. The Balaban J connectivity index is 1.40. The highest BCUT2D eigenvalue weighted by Crippen LogP contribution is 2.22. The van der Waals surface area contributed by atoms with Gasteiger partial charge in [0.15, 0.2) is 0 Å². The smallest absolute Gasteiger partial charge is 0.313 e. The molecular formula is C23H24N4O4. The van der Waals surface area contributed by atoms with Gasteiger partial charge in [-0.25, -0.2) is 0 Å². The van der Waals surface area contributed by atoms with Gasteiger partial charge >= 0.3 is 11.8 Å². The van der Waals surface area contributed by atoms with Crippen LogP contribution in [-0.4, -0.2) is 48.9 Å². The molecule has 0 spiro atoms. The van der Waals surface area contributed by atoms with Gasteiger partial charge in [0.25, 0.3) is 0 Å². The summed E-state index contributed by atoms with van der Waals surface area (Å²) in [5, 5.41) is 14.0. The number of nitriles is 1. The number of morpholine rings is 1. The Kier molecular flexibility index (Phi) is 7.73. The Hall–Kier alpha value is -3.70. The van der Waals surface area contributed by atoms with Gasteiger partial charge in [-0.3, -0.25) is 14.4 Å². The number of anilines is 1. The summed E-state index contributed by atoms with van der Waals surface area (Å²) in [6.07, 6.45) is 0.541. The molecule has 31 heavy (non-hydrogen) atoms. The van der Waals surface area contributed by atoms with E-state index in [1.165, 1.54) is 0 Å². The quantitative estimate of drug-likeness (QED) is 0.548. The zero-order valence-electron chi connectivity index (χ0n) is 17.0. The van der Waals surface area contributed by atoms with Crippen LogP contribution >= 0.6 is 0 Å². The number of amides is 3. The van der Waals surface area contributed by atoms with E-state index in [4.69, 9.17) is 10.00 Å². The SMILES string of the molecule is N#Cc1ccccc1NC(=O)C(=O)NCCCC(=O)N1CCOC(c2ccccc2)C1. The van der Waals surface area contributed by atoms with Crippen molar-refractivity contribution in [3.63, 3.8) is 0 Å². The molecule has 1 fully saturated rings. The molecule has 2 aromatic carbocycles. The standard InChI is InChI=1S/C23H24N4O4/c24-15-18-9-4-5-10-19(18)26-23(30)22(29)25-12-6-11-21(28)27-13-14-31-20(16-27)17-7-2-1-3-8-17/h1-5,7-10,20H,6,11-14,16H2,(H,25,29)(H,26,30). The van der Waals surface area contributed by atoms with Gasteiger partial charge in [0.05, 0.1) is 24.4 Å². The second-order valence-electron chi connectivity index (χ2n) is 7.08. The summed E-state index contributed by atoms with van der Waals surface area (Å²) >= 11 is 0. The van der Waals surface area contributed by atoms with E-state index in [2.05, 4.69) is 10.6 Å². The molecule has 1 saturated heterocycles. The van der Waals surface area contributed by atoms with Crippen molar-refractivity contribution in [2.45, 2.75) is 18.9 Å². The summed E-state index contributed by atoms with van der Waals surface area (Å²) in [4.78, 5) is 38.3. The van der Waals surface area contributed by atoms with E-state index >= 15 is 0 Å². The monoisotopic (exact) mass is 420 g/mol. The number of nitrogens with one attached hydrogen (secondary N) is 2. The lowest BCUT2D eigenvalue weighted by Gasteiger charge is -2.33. The summed E-state index contributed by atoms with van der Waals surface area (Å²) in [5.41, 5.74) is 1.59. The summed E-state index contributed by atoms with van der Waals surface area (Å²) in [6.45, 7) is 1.71. The number of carbonyl (C=O) groups excluding carboxylic acids is 3. The van der Waals surface area contributed by atoms with Gasteiger partial charge in [0.2, 0.25) is 5.91 Å². The molecule has 160 valence electrons. The highest BCUT2D eigenvalue weighted by atomic mass is 16.5. The lowest BCUT2D eigenvalue weighted by atomic mass is 10.1. The third-order valence-electron chi connectivity index (χ3n) is 4.95. The first-order chi connectivity index (χ1) is 15.1. The minimum Gasteiger partial charge on any atom is -0.370 e. The predicted octanol–water partition coefficient (Wildman–Crippen LogP) is 1.99. The molecule has 0 aromatic heterocycles. The summed E-state index contributed by atoms with van der Waals surface area (Å²) < 4.78 is 5.78. The predicted molar refractivity (Wildman–Crippen MR) is 114 cm³/mol. The van der Waals surface area contributed by atoms with Crippen molar-refractivity contribution in [1.29, 1.82) is 5.26 Å². The van der Waals surface area contributed by atoms with Gasteiger partial charge in [-0.1, -0.05) is 42.5 Å². The molecular weight excluding hydrogens is 396 g/mol. The average Bonchev–Trinajstić information content (AvgIpc) is 2.82. The van der Waals surface area contributed by atoms with E-state index in [1.54, 1.807) is 29.2 Å². The van der Waals surface area contributed by atoms with E-state index in [0.717, 1.165) is 5.56 Å². The van der Waals surface area contributed by atoms with Gasteiger partial charge in [-0.05, 0) is 24.1 Å². The Bertz CT molecular complexity index is 971. The molecule has 1 aliphatic rings. The molecule has 1 unspecified atom stereocenters. The number of benzene rings is 2. The largest absolute Gasteiger partial charge is 0.370 e. The summed E-state index contributed by atoms with van der Waals surface area (Å²) in [6, 6.07) is 18.2. The first-order valence-corrected chi connectivity index (χ1v) is 10.1. The third kappa shape index (κ3) is 6.14. The highest BCUT2D eigenvalue weighted by Gasteiger charge is 2.25. The summed E-state index contributed by atoms with van der Waals surface area (Å²) in [5.74, 6) is -1.67. The number of ether oxygens (including phenoxy) is 1. The Morgan fingerprint density at radius 1 is 1.06 bits per heavy atom. The summed E-state index contributed by atoms with van der Waals surface area (Å²) in [7, 11) is 0. The van der Waals surface area contributed by atoms with Crippen LogP contribution in [0.4, 0.5) is 5.69 Å². The molecule has 0 bridgehead atoms. The van der Waals surface area contributed by atoms with Crippen molar-refractivity contribution < 1.29 is 19.1 Å². The second-order valence-corrected chi connectivity index (χ2v) is 7.08. The van der Waals surface area contributed by atoms with Gasteiger partial charge in [-0.15, -0.1) is 0 Å². The molecule has 3 rings (SSSR count). The molecule has 1 aliphatic heterocycles. The number of hydrogen-bond acceptors (Lipinski definition) is 5. The van der Waals surface area contributed by atoms with Crippen molar-refractivity contribution in [2.75, 3.05) is 31.6 Å². The molecule has 8 nitrogen and oxygen atoms in total. The van der Waals surface area contributed by atoms with Crippen molar-refractivity contribution in [3.05, 3.63) is 65.7 Å². The number of hydrogen-bond donors (Lipinski definition) is 2. The maximum atomic E-state index is 12.5. The number of rotatable bonds is 6. The van der Waals surface area contributed by atoms with Gasteiger partial charge in [0.1, 0.15) is 12.2 Å². The maximum absolute atomic E-state index is 12.5. The minimum atomic E-state index is -0.854. The number of nitrogens with zero attached hydrogens (tertiary/aromatic N) is 2. The average molecular weight is 420 g/mol. The van der Waals surface area contributed by atoms with Crippen molar-refractivity contribution >= 4 is 23.4 Å². The zero-order valence-corrected chi connectivity index (χ0v) is 17.0. The second kappa shape index (κ2) is 10.9. The van der Waals surface area contributed by atoms with Crippen molar-refractivity contribution in [2.24, 2.45) is 0 Å². The van der Waals surface area contributed by atoms with E-state index in [9.17, 15) is 14.4 Å². The third-order valence-corrected chi connectivity index (χ3v) is 4.95. The Labute approximate surface area is 180 Å². The first-order valence-electron chi connectivity index (χ1n) is 10.1. The minimum absolute atomic E-state index is 0.00845. The molecule has 1 heterocycles. The number of para-hydroxylation sites is 1. The first kappa shape index (κ1) is 22.0. The fourth-order valence-electron chi connectivity index (χ4n) is 3.29. The molecule has 0 aliphatic carbocycles. The molecule has 0 saturated carbocycles. The Morgan fingerprint density at radius 3 is 2.58 bits per heavy atom. The van der Waals surface area contributed by atoms with Crippen LogP contribution in [0.3, 0.4) is 0 Å². The van der Waals surface area contributed by atoms with E-state index in [-0.39, 0.29) is 36.2 Å². The molecule has 0 radical (unpaired) electrons. The van der Waals surface area contributed by atoms with E-state index in [0.29, 0.717) is 26.1 Å². The van der Waals surface area contributed by atoms with Crippen LogP contribution < -0.4 is 10.6 Å². The zero-order chi connectivity index (χ0) is 22.1. The van der Waals surface area contributed by atoms with Crippen LogP contribution in [-0.2, 0) is 19.1 Å². The van der Waals surface area contributed by atoms with E-state index < -0.39 is 11.8 Å². The molecule has 2 N–H and O–H groups in total. The van der Waals surface area contributed by atoms with Crippen LogP contribution in [0.25, 0.3) is 0 Å². The van der Waals surface area contributed by atoms with Gasteiger partial charge in [0, 0.05) is 19.5 Å². The van der Waals surface area contributed by atoms with Crippen LogP contribution in [0.5, 0.6) is 0 Å². The fourth-order valence-corrected chi connectivity index (χ4v) is 3.29. The Morgan fingerprint density at radius 2 is 1.81 bits per heavy atom. The molecule has 1 atom stereocenters. The maximum Gasteiger partial charge on any atom is 0.313 e. The lowest BCUT2D eigenvalue weighted by Crippen LogP contribution is -2.42. The van der Waals surface area contributed by atoms with Gasteiger partial charge < -0.3 is 20.3 Å². The van der Waals surface area contributed by atoms with Crippen molar-refractivity contribution in [3.8, 4) is 6.07 Å².